The van der Waals surface area contributed by atoms with Gasteiger partial charge in [-0.25, -0.2) is 0 Å². The molecule has 0 spiro atoms. The number of ether oxygens (including phenoxy) is 4. The molecule has 0 radical (unpaired) electrons. The SMILES string of the molecule is C=C.C=C.C=C.C=C.C=C.C=C.C=C.C=C.CC.CC.CC.CC.CC.CC.CC.CC.CCCCCCOCCCC.CCCCCCOCCCC.CCCCCCOCCCC.CCCCOCCCC. The molecule has 0 heterocycles. The molecule has 4 nitrogen and oxygen atoms in total. The lowest BCUT2D eigenvalue weighted by atomic mass is 10.2. The monoisotopic (exact) mass is 1070 g/mol. The summed E-state index contributed by atoms with van der Waals surface area (Å²) in [7, 11) is 0. The number of unbranched alkanes of at least 4 members (excludes halogenated alkanes) is 14. The van der Waals surface area contributed by atoms with Gasteiger partial charge >= 0.3 is 0 Å². The van der Waals surface area contributed by atoms with Gasteiger partial charge in [-0.2, -0.15) is 0 Å². The van der Waals surface area contributed by atoms with Crippen LogP contribution in [0.15, 0.2) is 105 Å². The molecular weight excluding hydrogens is 905 g/mol. The number of hydrogen-bond donors (Lipinski definition) is 0. The zero-order valence-electron chi connectivity index (χ0n) is 58.2. The number of hydrogen-bond acceptors (Lipinski definition) is 4. The molecule has 0 fully saturated rings. The van der Waals surface area contributed by atoms with Gasteiger partial charge in [-0.05, 0) is 51.4 Å². The fraction of sp³-hybridized carbons (Fsp3) is 0.771. The van der Waals surface area contributed by atoms with E-state index in [-0.39, 0.29) is 0 Å². The minimum atomic E-state index is 0.955. The Bertz CT molecular complexity index is 379. The standard InChI is InChI=1S/3C10H22O.C8H18O.8C2H6.8C2H4/c3*1-3-5-7-8-10-11-9-6-4-2;1-3-5-7-9-8-6-4-2;16*1-2/h3*3-10H2,1-2H3;3-8H2,1-2H3;8*1-2H3;8*1-2H2. The largest absolute Gasteiger partial charge is 0.381 e. The van der Waals surface area contributed by atoms with E-state index in [1.54, 1.807) is 0 Å². The first-order valence-electron chi connectivity index (χ1n) is 31.0. The molecule has 468 valence electrons. The fourth-order valence-corrected chi connectivity index (χ4v) is 3.53. The molecule has 0 aliphatic rings. The van der Waals surface area contributed by atoms with Gasteiger partial charge in [0.2, 0.25) is 0 Å². The Morgan fingerprint density at radius 3 is 0.338 bits per heavy atom. The Morgan fingerprint density at radius 1 is 0.149 bits per heavy atom. The van der Waals surface area contributed by atoms with Gasteiger partial charge in [0.05, 0.1) is 0 Å². The van der Waals surface area contributed by atoms with Crippen molar-refractivity contribution in [1.29, 1.82) is 0 Å². The summed E-state index contributed by atoms with van der Waals surface area (Å²) in [6, 6.07) is 0. The van der Waals surface area contributed by atoms with Crippen molar-refractivity contribution in [2.45, 2.75) is 307 Å². The lowest BCUT2D eigenvalue weighted by Crippen LogP contribution is -1.96. The van der Waals surface area contributed by atoms with E-state index in [1.165, 1.54) is 141 Å². The van der Waals surface area contributed by atoms with E-state index in [0.29, 0.717) is 0 Å². The third kappa shape index (κ3) is 428. The van der Waals surface area contributed by atoms with E-state index >= 15 is 0 Å². The van der Waals surface area contributed by atoms with Crippen LogP contribution in [0, 0.1) is 0 Å². The summed E-state index contributed by atoms with van der Waals surface area (Å²) in [5, 5.41) is 0. The fourth-order valence-electron chi connectivity index (χ4n) is 3.53. The second-order valence-corrected chi connectivity index (χ2v) is 11.4. The van der Waals surface area contributed by atoms with Crippen LogP contribution in [0.3, 0.4) is 0 Å². The molecule has 0 aromatic rings. The quantitative estimate of drug-likeness (QED) is 0.0531. The van der Waals surface area contributed by atoms with Crippen molar-refractivity contribution in [2.75, 3.05) is 52.9 Å². The molecule has 0 saturated heterocycles. The Labute approximate surface area is 482 Å². The van der Waals surface area contributed by atoms with E-state index in [2.05, 4.69) is 161 Å². The maximum Gasteiger partial charge on any atom is 0.0466 e. The van der Waals surface area contributed by atoms with E-state index in [9.17, 15) is 0 Å². The summed E-state index contributed by atoms with van der Waals surface area (Å²) in [6.07, 6.45) is 28.1. The average Bonchev–Trinajstić information content (AvgIpc) is 3.53. The Morgan fingerprint density at radius 2 is 0.243 bits per heavy atom. The molecule has 0 amide bonds. The van der Waals surface area contributed by atoms with E-state index in [4.69, 9.17) is 18.9 Å². The minimum absolute atomic E-state index is 0.955. The first-order chi connectivity index (χ1) is 36.7. The second kappa shape index (κ2) is 341. The third-order valence-corrected chi connectivity index (χ3v) is 6.64. The first kappa shape index (κ1) is 134. The minimum Gasteiger partial charge on any atom is -0.381 e. The van der Waals surface area contributed by atoms with Crippen LogP contribution in [0.25, 0.3) is 0 Å². The van der Waals surface area contributed by atoms with Crippen molar-refractivity contribution >= 4 is 0 Å². The van der Waals surface area contributed by atoms with Crippen molar-refractivity contribution in [1.82, 2.24) is 0 Å². The van der Waals surface area contributed by atoms with Crippen LogP contribution in [0.2, 0.25) is 0 Å². The molecule has 0 rings (SSSR count). The second-order valence-electron chi connectivity index (χ2n) is 11.4. The van der Waals surface area contributed by atoms with Crippen LogP contribution in [0.1, 0.15) is 307 Å². The van der Waals surface area contributed by atoms with Crippen LogP contribution in [0.5, 0.6) is 0 Å². The molecule has 0 aliphatic heterocycles. The van der Waals surface area contributed by atoms with Gasteiger partial charge in [0.25, 0.3) is 0 Å². The van der Waals surface area contributed by atoms with Gasteiger partial charge in [0.1, 0.15) is 0 Å². The van der Waals surface area contributed by atoms with E-state index in [0.717, 1.165) is 52.9 Å². The predicted molar refractivity (Wildman–Crippen MR) is 371 cm³/mol. The van der Waals surface area contributed by atoms with Crippen LogP contribution in [-0.4, -0.2) is 52.9 Å². The van der Waals surface area contributed by atoms with Crippen LogP contribution < -0.4 is 0 Å². The van der Waals surface area contributed by atoms with Crippen LogP contribution in [-0.2, 0) is 18.9 Å². The summed E-state index contributed by atoms with van der Waals surface area (Å²) in [5.74, 6) is 0. The summed E-state index contributed by atoms with van der Waals surface area (Å²) in [5.41, 5.74) is 0. The highest BCUT2D eigenvalue weighted by atomic mass is 16.5. The molecule has 0 atom stereocenters. The van der Waals surface area contributed by atoms with Gasteiger partial charge in [-0.15, -0.1) is 105 Å². The predicted octanol–water partition coefficient (Wildman–Crippen LogP) is 27.4. The van der Waals surface area contributed by atoms with Crippen molar-refractivity contribution < 1.29 is 18.9 Å². The Kier molecular flexibility index (Phi) is 619. The molecule has 4 heteroatoms. The smallest absolute Gasteiger partial charge is 0.0466 e. The van der Waals surface area contributed by atoms with Crippen molar-refractivity contribution in [2.24, 2.45) is 0 Å². The molecule has 74 heavy (non-hydrogen) atoms. The molecule has 0 aromatic heterocycles. The highest BCUT2D eigenvalue weighted by Gasteiger charge is 1.90. The van der Waals surface area contributed by atoms with Crippen molar-refractivity contribution in [3.63, 3.8) is 0 Å². The Balaban J connectivity index is -0.0000000246. The number of rotatable bonds is 30. The molecule has 0 N–H and O–H groups in total. The molecule has 0 aliphatic carbocycles. The normalized spacial score (nSPS) is 6.92. The Hall–Kier alpha value is -2.24. The van der Waals surface area contributed by atoms with Crippen molar-refractivity contribution in [3.8, 4) is 0 Å². The summed E-state index contributed by atoms with van der Waals surface area (Å²) >= 11 is 0. The summed E-state index contributed by atoms with van der Waals surface area (Å²) < 4.78 is 21.6. The van der Waals surface area contributed by atoms with Gasteiger partial charge in [0.15, 0.2) is 0 Å². The van der Waals surface area contributed by atoms with Gasteiger partial charge in [-0.3, -0.25) is 0 Å². The zero-order valence-corrected chi connectivity index (χ0v) is 58.2. The van der Waals surface area contributed by atoms with Gasteiger partial charge in [0, 0.05) is 52.9 Å². The van der Waals surface area contributed by atoms with Crippen LogP contribution >= 0.6 is 0 Å². The topological polar surface area (TPSA) is 36.9 Å². The molecule has 0 saturated carbocycles. The van der Waals surface area contributed by atoms with Gasteiger partial charge in [-0.1, -0.05) is 256 Å². The van der Waals surface area contributed by atoms with Crippen LogP contribution in [0.4, 0.5) is 0 Å². The van der Waals surface area contributed by atoms with Gasteiger partial charge < -0.3 is 18.9 Å². The maximum absolute atomic E-state index is 5.42. The average molecular weight is 1070 g/mol. The first-order valence-corrected chi connectivity index (χ1v) is 31.0. The van der Waals surface area contributed by atoms with E-state index in [1.807, 2.05) is 111 Å². The lowest BCUT2D eigenvalue weighted by molar-refractivity contribution is 0.127. The molecular formula is C70H164O4. The third-order valence-electron chi connectivity index (χ3n) is 6.64. The lowest BCUT2D eigenvalue weighted by Gasteiger charge is -2.01. The molecule has 0 aromatic carbocycles. The molecule has 0 unspecified atom stereocenters. The highest BCUT2D eigenvalue weighted by molar-refractivity contribution is 4.42. The summed E-state index contributed by atoms with van der Waals surface area (Å²) in [4.78, 5) is 0. The zero-order chi connectivity index (χ0) is 64.0. The maximum atomic E-state index is 5.42. The van der Waals surface area contributed by atoms with E-state index < -0.39 is 0 Å². The summed E-state index contributed by atoms with van der Waals surface area (Å²) in [6.45, 7) is 105. The molecule has 0 bridgehead atoms. The van der Waals surface area contributed by atoms with Crippen molar-refractivity contribution in [3.05, 3.63) is 105 Å². The highest BCUT2D eigenvalue weighted by Crippen LogP contribution is 2.01.